The minimum absolute atomic E-state index is 0.861. The van der Waals surface area contributed by atoms with E-state index in [1.165, 1.54) is 23.1 Å². The number of rotatable bonds is 0. The summed E-state index contributed by atoms with van der Waals surface area (Å²) in [6.45, 7) is 9.43. The van der Waals surface area contributed by atoms with E-state index in [9.17, 15) is 0 Å². The lowest BCUT2D eigenvalue weighted by Gasteiger charge is -2.04. The summed E-state index contributed by atoms with van der Waals surface area (Å²) in [5, 5.41) is 0. The number of hydrogen-bond donors (Lipinski definition) is 0. The van der Waals surface area contributed by atoms with E-state index in [0.29, 0.717) is 0 Å². The Hall–Kier alpha value is -0.980. The molecule has 2 rings (SSSR count). The average Bonchev–Trinajstić information content (AvgIpc) is 2.61. The predicted molar refractivity (Wildman–Crippen MR) is 61.1 cm³/mol. The Morgan fingerprint density at radius 2 is 1.86 bits per heavy atom. The SMILES string of the molecule is CCC.Cc1ccc2c(c1C)CCO2. The zero-order valence-corrected chi connectivity index (χ0v) is 9.68. The number of ether oxygens (including phenoxy) is 1. The third-order valence-corrected chi connectivity index (χ3v) is 2.44. The third-order valence-electron chi connectivity index (χ3n) is 2.44. The topological polar surface area (TPSA) is 9.23 Å². The van der Waals surface area contributed by atoms with Crippen LogP contribution in [0.25, 0.3) is 0 Å². The molecule has 1 heterocycles. The quantitative estimate of drug-likeness (QED) is 0.609. The van der Waals surface area contributed by atoms with Gasteiger partial charge in [0, 0.05) is 12.0 Å². The summed E-state index contributed by atoms with van der Waals surface area (Å²) in [5.41, 5.74) is 4.18. The second kappa shape index (κ2) is 5.04. The minimum Gasteiger partial charge on any atom is -0.493 e. The van der Waals surface area contributed by atoms with Crippen molar-refractivity contribution < 1.29 is 4.74 Å². The summed E-state index contributed by atoms with van der Waals surface area (Å²) in [4.78, 5) is 0. The summed E-state index contributed by atoms with van der Waals surface area (Å²) in [5.74, 6) is 1.09. The van der Waals surface area contributed by atoms with Gasteiger partial charge in [0.2, 0.25) is 0 Å². The van der Waals surface area contributed by atoms with E-state index in [2.05, 4.69) is 39.8 Å². The maximum absolute atomic E-state index is 5.43. The molecule has 0 saturated carbocycles. The van der Waals surface area contributed by atoms with E-state index in [1.807, 2.05) is 0 Å². The maximum atomic E-state index is 5.43. The zero-order chi connectivity index (χ0) is 10.6. The molecule has 0 fully saturated rings. The molecule has 0 amide bonds. The zero-order valence-electron chi connectivity index (χ0n) is 9.68. The van der Waals surface area contributed by atoms with Crippen molar-refractivity contribution in [2.24, 2.45) is 0 Å². The van der Waals surface area contributed by atoms with Crippen molar-refractivity contribution in [1.29, 1.82) is 0 Å². The molecule has 1 aliphatic rings. The highest BCUT2D eigenvalue weighted by molar-refractivity contribution is 5.45. The maximum Gasteiger partial charge on any atom is 0.122 e. The Bertz CT molecular complexity index is 302. The van der Waals surface area contributed by atoms with Crippen molar-refractivity contribution >= 4 is 0 Å². The van der Waals surface area contributed by atoms with Crippen LogP contribution >= 0.6 is 0 Å². The highest BCUT2D eigenvalue weighted by atomic mass is 16.5. The Balaban J connectivity index is 0.000000293. The van der Waals surface area contributed by atoms with Gasteiger partial charge in [0.15, 0.2) is 0 Å². The van der Waals surface area contributed by atoms with Crippen molar-refractivity contribution in [3.05, 3.63) is 28.8 Å². The smallest absolute Gasteiger partial charge is 0.122 e. The Morgan fingerprint density at radius 3 is 2.50 bits per heavy atom. The second-order valence-electron chi connectivity index (χ2n) is 3.79. The molecule has 0 saturated heterocycles. The Kier molecular flexibility index (Phi) is 3.99. The van der Waals surface area contributed by atoms with Gasteiger partial charge in [-0.3, -0.25) is 0 Å². The molecular weight excluding hydrogens is 172 g/mol. The lowest BCUT2D eigenvalue weighted by Crippen LogP contribution is -1.87. The molecule has 1 heteroatoms. The van der Waals surface area contributed by atoms with Gasteiger partial charge in [-0.25, -0.2) is 0 Å². The largest absolute Gasteiger partial charge is 0.493 e. The Labute approximate surface area is 87.1 Å². The molecule has 1 aromatic rings. The fourth-order valence-electron chi connectivity index (χ4n) is 1.56. The lowest BCUT2D eigenvalue weighted by atomic mass is 10.0. The van der Waals surface area contributed by atoms with Gasteiger partial charge in [0.1, 0.15) is 5.75 Å². The van der Waals surface area contributed by atoms with Crippen LogP contribution in [0, 0.1) is 13.8 Å². The van der Waals surface area contributed by atoms with Crippen molar-refractivity contribution in [3.63, 3.8) is 0 Å². The van der Waals surface area contributed by atoms with Gasteiger partial charge in [-0.1, -0.05) is 26.3 Å². The van der Waals surface area contributed by atoms with Gasteiger partial charge in [0.05, 0.1) is 6.61 Å². The van der Waals surface area contributed by atoms with E-state index < -0.39 is 0 Å². The number of hydrogen-bond acceptors (Lipinski definition) is 1. The van der Waals surface area contributed by atoms with Gasteiger partial charge in [-0.05, 0) is 31.0 Å². The molecule has 1 nitrogen and oxygen atoms in total. The third kappa shape index (κ3) is 2.28. The molecular formula is C13H20O. The van der Waals surface area contributed by atoms with E-state index >= 15 is 0 Å². The van der Waals surface area contributed by atoms with Crippen LogP contribution in [0.4, 0.5) is 0 Å². The molecule has 1 aliphatic heterocycles. The van der Waals surface area contributed by atoms with E-state index in [-0.39, 0.29) is 0 Å². The van der Waals surface area contributed by atoms with Crippen LogP contribution in [0.3, 0.4) is 0 Å². The molecule has 0 unspecified atom stereocenters. The van der Waals surface area contributed by atoms with Crippen LogP contribution in [-0.2, 0) is 6.42 Å². The molecule has 1 aromatic carbocycles. The number of fused-ring (bicyclic) bond motifs is 1. The Morgan fingerprint density at radius 1 is 1.21 bits per heavy atom. The highest BCUT2D eigenvalue weighted by Gasteiger charge is 2.14. The normalized spacial score (nSPS) is 12.6. The van der Waals surface area contributed by atoms with Crippen molar-refractivity contribution in [2.75, 3.05) is 6.61 Å². The average molecular weight is 192 g/mol. The monoisotopic (exact) mass is 192 g/mol. The van der Waals surface area contributed by atoms with Crippen molar-refractivity contribution in [1.82, 2.24) is 0 Å². The highest BCUT2D eigenvalue weighted by Crippen LogP contribution is 2.29. The predicted octanol–water partition coefficient (Wildman–Crippen LogP) is 3.65. The van der Waals surface area contributed by atoms with Crippen LogP contribution in [-0.4, -0.2) is 6.61 Å². The molecule has 14 heavy (non-hydrogen) atoms. The molecule has 0 aromatic heterocycles. The van der Waals surface area contributed by atoms with Gasteiger partial charge >= 0.3 is 0 Å². The molecule has 0 aliphatic carbocycles. The van der Waals surface area contributed by atoms with E-state index in [4.69, 9.17) is 4.74 Å². The standard InChI is InChI=1S/C10H12O.C3H8/c1-7-3-4-10-9(8(7)2)5-6-11-10;1-3-2/h3-4H,5-6H2,1-2H3;3H2,1-2H3. The first-order valence-electron chi connectivity index (χ1n) is 5.42. The van der Waals surface area contributed by atoms with Gasteiger partial charge in [-0.15, -0.1) is 0 Å². The van der Waals surface area contributed by atoms with Gasteiger partial charge in [0.25, 0.3) is 0 Å². The van der Waals surface area contributed by atoms with Crippen molar-refractivity contribution in [2.45, 2.75) is 40.5 Å². The molecule has 0 spiro atoms. The lowest BCUT2D eigenvalue weighted by molar-refractivity contribution is 0.357. The fraction of sp³-hybridized carbons (Fsp3) is 0.538. The second-order valence-corrected chi connectivity index (χ2v) is 3.79. The van der Waals surface area contributed by atoms with Crippen LogP contribution < -0.4 is 4.74 Å². The van der Waals surface area contributed by atoms with Crippen molar-refractivity contribution in [3.8, 4) is 5.75 Å². The summed E-state index contributed by atoms with van der Waals surface area (Å²) in [6, 6.07) is 4.20. The first kappa shape index (κ1) is 11.1. The first-order valence-corrected chi connectivity index (χ1v) is 5.42. The molecule has 0 N–H and O–H groups in total. The fourth-order valence-corrected chi connectivity index (χ4v) is 1.56. The van der Waals surface area contributed by atoms with Gasteiger partial charge in [-0.2, -0.15) is 0 Å². The first-order chi connectivity index (χ1) is 6.70. The van der Waals surface area contributed by atoms with Crippen LogP contribution in [0.15, 0.2) is 12.1 Å². The van der Waals surface area contributed by atoms with Crippen LogP contribution in [0.1, 0.15) is 37.0 Å². The number of benzene rings is 1. The summed E-state index contributed by atoms with van der Waals surface area (Å²) in [6.07, 6.45) is 2.34. The summed E-state index contributed by atoms with van der Waals surface area (Å²) >= 11 is 0. The summed E-state index contributed by atoms with van der Waals surface area (Å²) < 4.78 is 5.43. The van der Waals surface area contributed by atoms with Crippen LogP contribution in [0.5, 0.6) is 5.75 Å². The molecule has 0 bridgehead atoms. The summed E-state index contributed by atoms with van der Waals surface area (Å²) in [7, 11) is 0. The molecule has 78 valence electrons. The van der Waals surface area contributed by atoms with Crippen LogP contribution in [0.2, 0.25) is 0 Å². The van der Waals surface area contributed by atoms with E-state index in [0.717, 1.165) is 18.8 Å². The molecule has 0 radical (unpaired) electrons. The minimum atomic E-state index is 0.861. The molecule has 0 atom stereocenters. The van der Waals surface area contributed by atoms with E-state index in [1.54, 1.807) is 0 Å². The van der Waals surface area contributed by atoms with Gasteiger partial charge < -0.3 is 4.74 Å². The number of aryl methyl sites for hydroxylation is 1.